The largest absolute Gasteiger partial charge is 0.486 e. The third-order valence-electron chi connectivity index (χ3n) is 14.6. The van der Waals surface area contributed by atoms with Gasteiger partial charge in [-0.05, 0) is 112 Å². The predicted octanol–water partition coefficient (Wildman–Crippen LogP) is 7.43. The molecule has 82 heavy (non-hydrogen) atoms. The number of hydrogen-bond donors (Lipinski definition) is 4. The highest BCUT2D eigenvalue weighted by Crippen LogP contribution is 2.41. The lowest BCUT2D eigenvalue weighted by Gasteiger charge is -2.36. The van der Waals surface area contributed by atoms with E-state index in [0.29, 0.717) is 90.4 Å². The fraction of sp³-hybridized carbons (Fsp3) is 0.483. The molecule has 0 radical (unpaired) electrons. The van der Waals surface area contributed by atoms with E-state index in [4.69, 9.17) is 34.4 Å². The molecule has 2 fully saturated rings. The molecule has 1 aliphatic heterocycles. The predicted molar refractivity (Wildman–Crippen MR) is 310 cm³/mol. The van der Waals surface area contributed by atoms with Gasteiger partial charge in [0.25, 0.3) is 5.91 Å². The molecule has 440 valence electrons. The Bertz CT molecular complexity index is 3070. The number of nitrogen functional groups attached to an aromatic ring is 1. The molecule has 6 aromatic rings. The van der Waals surface area contributed by atoms with Crippen molar-refractivity contribution in [3.8, 4) is 17.0 Å². The van der Waals surface area contributed by atoms with E-state index in [9.17, 15) is 19.1 Å². The van der Waals surface area contributed by atoms with Crippen molar-refractivity contribution in [1.82, 2.24) is 39.3 Å². The molecule has 0 spiro atoms. The second-order valence-corrected chi connectivity index (χ2v) is 20.6. The highest BCUT2D eigenvalue weighted by Gasteiger charge is 2.27. The Morgan fingerprint density at radius 1 is 0.878 bits per heavy atom. The Hall–Kier alpha value is -7.21. The van der Waals surface area contributed by atoms with Crippen LogP contribution in [0, 0.1) is 18.6 Å². The van der Waals surface area contributed by atoms with Crippen molar-refractivity contribution in [2.45, 2.75) is 83.7 Å². The summed E-state index contributed by atoms with van der Waals surface area (Å²) in [6.45, 7) is 10.6. The monoisotopic (exact) mass is 1130 g/mol. The van der Waals surface area contributed by atoms with Gasteiger partial charge in [-0.1, -0.05) is 25.1 Å². The molecule has 1 saturated heterocycles. The van der Waals surface area contributed by atoms with Crippen molar-refractivity contribution in [3.63, 3.8) is 0 Å². The maximum absolute atomic E-state index is 15.1. The number of rotatable bonds is 33. The van der Waals surface area contributed by atoms with Crippen molar-refractivity contribution < 1.29 is 47.2 Å². The molecule has 2 aliphatic rings. The maximum Gasteiger partial charge on any atom is 0.258 e. The van der Waals surface area contributed by atoms with Gasteiger partial charge in [0.1, 0.15) is 41.9 Å². The second-order valence-electron chi connectivity index (χ2n) is 20.6. The second kappa shape index (κ2) is 30.7. The lowest BCUT2D eigenvalue weighted by Crippen LogP contribution is -2.40. The summed E-state index contributed by atoms with van der Waals surface area (Å²) in [6, 6.07) is 13.4. The van der Waals surface area contributed by atoms with E-state index in [1.807, 2.05) is 34.9 Å². The molecule has 22 heteroatoms. The van der Waals surface area contributed by atoms with Gasteiger partial charge < -0.3 is 59.9 Å². The van der Waals surface area contributed by atoms with Crippen LogP contribution in [0.1, 0.15) is 89.7 Å². The van der Waals surface area contributed by atoms with Crippen LogP contribution in [-0.4, -0.2) is 169 Å². The number of carbonyl (C=O) groups excluding carboxylic acids is 2. The summed E-state index contributed by atoms with van der Waals surface area (Å²) in [5.74, 6) is -0.0532. The van der Waals surface area contributed by atoms with Crippen LogP contribution in [0.3, 0.4) is 0 Å². The summed E-state index contributed by atoms with van der Waals surface area (Å²) in [5.41, 5.74) is 11.9. The van der Waals surface area contributed by atoms with Gasteiger partial charge in [-0.15, -0.1) is 0 Å². The Balaban J connectivity index is 0.643. The van der Waals surface area contributed by atoms with Crippen molar-refractivity contribution in [3.05, 3.63) is 125 Å². The van der Waals surface area contributed by atoms with Crippen LogP contribution >= 0.6 is 0 Å². The van der Waals surface area contributed by atoms with Crippen molar-refractivity contribution in [1.29, 1.82) is 0 Å². The highest BCUT2D eigenvalue weighted by atomic mass is 19.1. The first-order valence-electron chi connectivity index (χ1n) is 28.4. The minimum Gasteiger partial charge on any atom is -0.486 e. The number of likely N-dealkylation sites (N-methyl/N-ethyl adjacent to an activating group) is 2. The molecule has 20 nitrogen and oxygen atoms in total. The summed E-state index contributed by atoms with van der Waals surface area (Å²) in [5, 5.41) is 20.6. The first-order chi connectivity index (χ1) is 39.9. The molecule has 5 N–H and O–H groups in total. The number of amides is 2. The van der Waals surface area contributed by atoms with E-state index >= 15 is 4.39 Å². The third-order valence-corrected chi connectivity index (χ3v) is 14.6. The van der Waals surface area contributed by atoms with Gasteiger partial charge in [0, 0.05) is 93.1 Å². The van der Waals surface area contributed by atoms with Crippen LogP contribution in [0.4, 0.5) is 31.9 Å². The Morgan fingerprint density at radius 2 is 1.65 bits per heavy atom. The maximum atomic E-state index is 15.1. The van der Waals surface area contributed by atoms with Crippen LogP contribution < -0.4 is 26.0 Å². The summed E-state index contributed by atoms with van der Waals surface area (Å²) >= 11 is 0. The van der Waals surface area contributed by atoms with Gasteiger partial charge in [0.2, 0.25) is 5.91 Å². The van der Waals surface area contributed by atoms with Crippen LogP contribution in [0.2, 0.25) is 0 Å². The molecular formula is C60H78F2N12O8. The minimum atomic E-state index is -0.715. The topological polar surface area (TPSA) is 229 Å². The number of fused-ring (bicyclic) bond motifs is 1. The number of aryl methyl sites for hydroxylation is 1. The molecule has 8 rings (SSSR count). The van der Waals surface area contributed by atoms with Crippen molar-refractivity contribution in [2.24, 2.45) is 0 Å². The molecular weight excluding hydrogens is 1050 g/mol. The standard InChI is InChI=1S/C60H78F2N12O8/c1-5-43-39-68-74-53(36-54(70-59(43)74)73-20-7-6-9-48(73)17-23-75)65-38-42-11-15-47(64-37-42)18-24-78-27-29-80-31-32-81-30-28-79-25-21-71(3)19-8-10-55(76)72(4)22-26-82-57-56(66-40-67-58(57)63)50-34-46(61)35-52(41(50)2)69-60(77)49-16-14-45(33-51(49)62)44-12-13-44/h8,10-11,14-16,33-37,39-40,44,48,65,75H,5-7,9,12-13,17-32,38H2,1-4H3,(H,69,77)(H2,63,66,67)/b10-8+/t48-/m0/s1. The quantitative estimate of drug-likeness (QED) is 0.0232. The number of ether oxygens (including phenoxy) is 5. The average molecular weight is 1130 g/mol. The Morgan fingerprint density at radius 3 is 2.37 bits per heavy atom. The minimum absolute atomic E-state index is 0.00472. The number of aliphatic hydroxyl groups is 1. The van der Waals surface area contributed by atoms with E-state index in [0.717, 1.165) is 90.8 Å². The van der Waals surface area contributed by atoms with E-state index in [2.05, 4.69) is 54.6 Å². The molecule has 5 heterocycles. The first-order valence-corrected chi connectivity index (χ1v) is 28.4. The molecule has 1 saturated carbocycles. The number of pyridine rings is 1. The number of benzene rings is 2. The summed E-state index contributed by atoms with van der Waals surface area (Å²) in [7, 11) is 3.57. The number of nitrogens with one attached hydrogen (secondary N) is 2. The first kappa shape index (κ1) is 60.9. The molecule has 1 atom stereocenters. The number of aromatic nitrogens is 6. The zero-order chi connectivity index (χ0) is 57.8. The summed E-state index contributed by atoms with van der Waals surface area (Å²) in [6.07, 6.45) is 15.9. The van der Waals surface area contributed by atoms with E-state index in [-0.39, 0.29) is 65.8 Å². The Kier molecular flexibility index (Phi) is 22.8. The molecule has 4 aromatic heterocycles. The third kappa shape index (κ3) is 17.2. The number of nitrogens with two attached hydrogens (primary N) is 1. The smallest absolute Gasteiger partial charge is 0.258 e. The number of carbonyl (C=O) groups is 2. The molecule has 0 bridgehead atoms. The zero-order valence-electron chi connectivity index (χ0n) is 47.6. The number of piperidine rings is 1. The fourth-order valence-electron chi connectivity index (χ4n) is 9.63. The lowest BCUT2D eigenvalue weighted by molar-refractivity contribution is -0.125. The van der Waals surface area contributed by atoms with Gasteiger partial charge in [-0.2, -0.15) is 9.61 Å². The normalized spacial score (nSPS) is 14.5. The van der Waals surface area contributed by atoms with Crippen molar-refractivity contribution >= 4 is 40.6 Å². The average Bonchev–Trinajstić information content (AvgIpc) is 4.31. The molecule has 2 aromatic carbocycles. The summed E-state index contributed by atoms with van der Waals surface area (Å²) in [4.78, 5) is 50.0. The molecule has 0 unspecified atom stereocenters. The van der Waals surface area contributed by atoms with Gasteiger partial charge in [-0.25, -0.2) is 23.7 Å². The summed E-state index contributed by atoms with van der Waals surface area (Å²) < 4.78 is 60.7. The molecule has 2 amide bonds. The molecule has 1 aliphatic carbocycles. The number of anilines is 4. The van der Waals surface area contributed by atoms with E-state index in [1.54, 1.807) is 26.1 Å². The van der Waals surface area contributed by atoms with E-state index in [1.165, 1.54) is 41.9 Å². The number of halogens is 2. The zero-order valence-corrected chi connectivity index (χ0v) is 47.6. The van der Waals surface area contributed by atoms with E-state index < -0.39 is 17.5 Å². The number of hydrogen-bond acceptors (Lipinski definition) is 17. The van der Waals surface area contributed by atoms with Crippen LogP contribution in [-0.2, 0) is 43.1 Å². The van der Waals surface area contributed by atoms with Crippen LogP contribution in [0.5, 0.6) is 5.75 Å². The van der Waals surface area contributed by atoms with Crippen LogP contribution in [0.25, 0.3) is 16.9 Å². The fourth-order valence-corrected chi connectivity index (χ4v) is 9.63. The van der Waals surface area contributed by atoms with Crippen molar-refractivity contribution in [2.75, 3.05) is 128 Å². The van der Waals surface area contributed by atoms with Gasteiger partial charge in [-0.3, -0.25) is 14.6 Å². The lowest BCUT2D eigenvalue weighted by atomic mass is 9.99. The SMILES string of the molecule is CCc1cnn2c(NCc3ccc(CCOCCOCCOCCOCCN(C)C/C=C/C(=O)N(C)CCOc4c(N)ncnc4-c4cc(F)cc(NC(=O)c5ccc(C6CC6)cc5F)c4C)nc3)cc(N3CCCC[C@H]3CCO)nc12. The van der Waals surface area contributed by atoms with Gasteiger partial charge >= 0.3 is 0 Å². The van der Waals surface area contributed by atoms with Crippen LogP contribution in [0.15, 0.2) is 79.4 Å². The van der Waals surface area contributed by atoms with Gasteiger partial charge in [0.15, 0.2) is 17.2 Å². The Labute approximate surface area is 478 Å². The number of nitrogens with zero attached hydrogens (tertiary/aromatic N) is 9. The number of aliphatic hydroxyl groups excluding tert-OH is 1. The highest BCUT2D eigenvalue weighted by molar-refractivity contribution is 6.05. The van der Waals surface area contributed by atoms with Gasteiger partial charge in [0.05, 0.1) is 71.2 Å².